The topological polar surface area (TPSA) is 112 Å². The number of hydrogen-bond donors (Lipinski definition) is 1. The van der Waals surface area contributed by atoms with E-state index in [1.165, 1.54) is 4.68 Å². The number of halogens is 1. The molecule has 0 radical (unpaired) electrons. The van der Waals surface area contributed by atoms with Gasteiger partial charge < -0.3 is 15.4 Å². The van der Waals surface area contributed by atoms with Gasteiger partial charge in [0.25, 0.3) is 4.73 Å². The van der Waals surface area contributed by atoms with E-state index in [2.05, 4.69) is 41.3 Å². The molecule has 0 aromatic carbocycles. The molecule has 0 amide bonds. The van der Waals surface area contributed by atoms with Crippen LogP contribution in [0.4, 0.5) is 11.8 Å². The van der Waals surface area contributed by atoms with E-state index < -0.39 is 10.9 Å². The van der Waals surface area contributed by atoms with Gasteiger partial charge in [-0.2, -0.15) is 4.68 Å². The molecule has 20 heavy (non-hydrogen) atoms. The second-order valence-electron chi connectivity index (χ2n) is 3.94. The highest BCUT2D eigenvalue weighted by molar-refractivity contribution is 9.10. The summed E-state index contributed by atoms with van der Waals surface area (Å²) in [6.07, 6.45) is 0. The van der Waals surface area contributed by atoms with Crippen LogP contribution in [0, 0.1) is 17.0 Å². The summed E-state index contributed by atoms with van der Waals surface area (Å²) in [5, 5.41) is 17.5. The predicted molar refractivity (Wildman–Crippen MR) is 74.4 cm³/mol. The monoisotopic (exact) mass is 341 g/mol. The van der Waals surface area contributed by atoms with Crippen molar-refractivity contribution in [3.8, 4) is 0 Å². The van der Waals surface area contributed by atoms with E-state index in [9.17, 15) is 10.1 Å². The van der Waals surface area contributed by atoms with Gasteiger partial charge in [-0.05, 0) is 23.8 Å². The molecule has 0 saturated heterocycles. The maximum atomic E-state index is 10.6. The van der Waals surface area contributed by atoms with Crippen molar-refractivity contribution in [3.63, 3.8) is 0 Å². The molecule has 0 aliphatic rings. The van der Waals surface area contributed by atoms with Crippen LogP contribution in [0.3, 0.4) is 0 Å². The summed E-state index contributed by atoms with van der Waals surface area (Å²) in [5.74, 6) is 0.749. The third kappa shape index (κ3) is 3.26. The Morgan fingerprint density at radius 1 is 1.45 bits per heavy atom. The van der Waals surface area contributed by atoms with Crippen LogP contribution in [0.25, 0.3) is 0 Å². The highest BCUT2D eigenvalue weighted by atomic mass is 79.9. The van der Waals surface area contributed by atoms with Gasteiger partial charge >= 0.3 is 5.95 Å². The molecule has 0 fully saturated rings. The van der Waals surface area contributed by atoms with Crippen LogP contribution < -0.4 is 5.32 Å². The summed E-state index contributed by atoms with van der Waals surface area (Å²) >= 11 is 3.12. The van der Waals surface area contributed by atoms with E-state index in [0.717, 1.165) is 12.2 Å². The standard InChI is InChI=1S/C10H12BrN7O2/c1-3-12-7-4-6(2)13-8(14-7)5-17-9(11)15-10(16-17)18(19)20/h4H,3,5H2,1-2H3,(H,12,13,14). The Kier molecular flexibility index (Phi) is 4.23. The van der Waals surface area contributed by atoms with Gasteiger partial charge in [0.1, 0.15) is 12.4 Å². The molecule has 1 N–H and O–H groups in total. The zero-order valence-corrected chi connectivity index (χ0v) is 12.5. The van der Waals surface area contributed by atoms with Gasteiger partial charge in [0, 0.05) is 39.3 Å². The largest absolute Gasteiger partial charge is 0.492 e. The van der Waals surface area contributed by atoms with Crippen molar-refractivity contribution < 1.29 is 4.92 Å². The molecule has 2 aromatic rings. The highest BCUT2D eigenvalue weighted by Crippen LogP contribution is 2.14. The van der Waals surface area contributed by atoms with Crippen LogP contribution in [0.15, 0.2) is 10.8 Å². The second kappa shape index (κ2) is 5.90. The van der Waals surface area contributed by atoms with E-state index in [4.69, 9.17) is 0 Å². The molecule has 9 nitrogen and oxygen atoms in total. The van der Waals surface area contributed by atoms with Crippen molar-refractivity contribution in [3.05, 3.63) is 32.4 Å². The summed E-state index contributed by atoms with van der Waals surface area (Å²) in [4.78, 5) is 22.2. The normalized spacial score (nSPS) is 10.6. The number of nitro groups is 1. The smallest absolute Gasteiger partial charge is 0.390 e. The minimum absolute atomic E-state index is 0.196. The molecule has 2 heterocycles. The Morgan fingerprint density at radius 2 is 2.20 bits per heavy atom. The van der Waals surface area contributed by atoms with Gasteiger partial charge in [0.15, 0.2) is 5.82 Å². The molecule has 0 unspecified atom stereocenters. The average molecular weight is 342 g/mol. The number of nitrogens with one attached hydrogen (secondary N) is 1. The van der Waals surface area contributed by atoms with Gasteiger partial charge in [-0.15, -0.1) is 0 Å². The van der Waals surface area contributed by atoms with Gasteiger partial charge in [0.2, 0.25) is 0 Å². The third-order valence-electron chi connectivity index (χ3n) is 2.33. The molecule has 10 heteroatoms. The highest BCUT2D eigenvalue weighted by Gasteiger charge is 2.20. The zero-order valence-electron chi connectivity index (χ0n) is 10.9. The molecule has 2 aromatic heterocycles. The van der Waals surface area contributed by atoms with Crippen LogP contribution in [0.1, 0.15) is 18.4 Å². The summed E-state index contributed by atoms with van der Waals surface area (Å²) in [6, 6.07) is 1.83. The van der Waals surface area contributed by atoms with Crippen LogP contribution in [0.2, 0.25) is 0 Å². The fourth-order valence-corrected chi connectivity index (χ4v) is 1.96. The van der Waals surface area contributed by atoms with Crippen LogP contribution >= 0.6 is 15.9 Å². The molecule has 0 saturated carbocycles. The molecule has 0 aliphatic carbocycles. The van der Waals surface area contributed by atoms with E-state index in [1.807, 2.05) is 19.9 Å². The Balaban J connectivity index is 2.27. The molecule has 0 spiro atoms. The first-order valence-electron chi connectivity index (χ1n) is 5.82. The van der Waals surface area contributed by atoms with Crippen molar-refractivity contribution in [2.75, 3.05) is 11.9 Å². The summed E-state index contributed by atoms with van der Waals surface area (Å²) in [5.41, 5.74) is 0.802. The first-order chi connectivity index (χ1) is 9.49. The Labute approximate surface area is 122 Å². The molecular formula is C10H12BrN7O2. The van der Waals surface area contributed by atoms with Gasteiger partial charge in [0.05, 0.1) is 0 Å². The molecule has 0 bridgehead atoms. The lowest BCUT2D eigenvalue weighted by Gasteiger charge is -2.05. The third-order valence-corrected chi connectivity index (χ3v) is 2.91. The van der Waals surface area contributed by atoms with Gasteiger partial charge in [-0.1, -0.05) is 0 Å². The zero-order chi connectivity index (χ0) is 14.7. The molecule has 2 rings (SSSR count). The summed E-state index contributed by atoms with van der Waals surface area (Å²) < 4.78 is 1.60. The first-order valence-corrected chi connectivity index (χ1v) is 6.62. The number of aryl methyl sites for hydroxylation is 1. The SMILES string of the molecule is CCNc1cc(C)nc(Cn2nc([N+](=O)[O-])nc2Br)n1. The predicted octanol–water partition coefficient (Wildman–Crippen LogP) is 1.53. The quantitative estimate of drug-likeness (QED) is 0.648. The number of hydrogen-bond acceptors (Lipinski definition) is 7. The molecule has 0 aliphatic heterocycles. The maximum absolute atomic E-state index is 10.6. The van der Waals surface area contributed by atoms with E-state index in [1.54, 1.807) is 0 Å². The van der Waals surface area contributed by atoms with E-state index in [0.29, 0.717) is 11.6 Å². The Bertz CT molecular complexity index is 643. The lowest BCUT2D eigenvalue weighted by molar-refractivity contribution is -0.394. The summed E-state index contributed by atoms with van der Waals surface area (Å²) in [6.45, 7) is 4.76. The van der Waals surface area contributed by atoms with E-state index >= 15 is 0 Å². The number of rotatable bonds is 5. The number of anilines is 1. The van der Waals surface area contributed by atoms with Crippen LogP contribution in [-0.2, 0) is 6.54 Å². The average Bonchev–Trinajstić information content (AvgIpc) is 2.71. The van der Waals surface area contributed by atoms with Gasteiger partial charge in [-0.3, -0.25) is 0 Å². The lowest BCUT2D eigenvalue weighted by atomic mass is 10.4. The number of nitrogens with zero attached hydrogens (tertiary/aromatic N) is 6. The first kappa shape index (κ1) is 14.3. The van der Waals surface area contributed by atoms with Crippen molar-refractivity contribution in [2.45, 2.75) is 20.4 Å². The lowest BCUT2D eigenvalue weighted by Crippen LogP contribution is -2.10. The molecule has 106 valence electrons. The van der Waals surface area contributed by atoms with Crippen LogP contribution in [0.5, 0.6) is 0 Å². The van der Waals surface area contributed by atoms with E-state index in [-0.39, 0.29) is 11.3 Å². The second-order valence-corrected chi connectivity index (χ2v) is 4.65. The van der Waals surface area contributed by atoms with Crippen molar-refractivity contribution in [1.29, 1.82) is 0 Å². The minimum Gasteiger partial charge on any atom is -0.390 e. The van der Waals surface area contributed by atoms with Gasteiger partial charge in [-0.25, -0.2) is 9.97 Å². The van der Waals surface area contributed by atoms with Crippen molar-refractivity contribution >= 4 is 27.7 Å². The minimum atomic E-state index is -0.650. The summed E-state index contributed by atoms with van der Waals surface area (Å²) in [7, 11) is 0. The number of aromatic nitrogens is 5. The Hall–Kier alpha value is -2.10. The van der Waals surface area contributed by atoms with Crippen LogP contribution in [-0.4, -0.2) is 36.2 Å². The maximum Gasteiger partial charge on any atom is 0.492 e. The van der Waals surface area contributed by atoms with Crippen molar-refractivity contribution in [2.24, 2.45) is 0 Å². The fraction of sp³-hybridized carbons (Fsp3) is 0.400. The van der Waals surface area contributed by atoms with Crippen molar-refractivity contribution in [1.82, 2.24) is 24.7 Å². The molecule has 0 atom stereocenters. The molecular weight excluding hydrogens is 330 g/mol. The Morgan fingerprint density at radius 3 is 2.80 bits per heavy atom. The fourth-order valence-electron chi connectivity index (χ4n) is 1.60.